The van der Waals surface area contributed by atoms with Gasteiger partial charge < -0.3 is 39.2 Å². The third kappa shape index (κ3) is 4.41. The van der Waals surface area contributed by atoms with Gasteiger partial charge in [-0.15, -0.1) is 0 Å². The van der Waals surface area contributed by atoms with Crippen LogP contribution in [0, 0.1) is 0 Å². The first-order chi connectivity index (χ1) is 13.6. The maximum Gasteiger partial charge on any atom is 0.317 e. The summed E-state index contributed by atoms with van der Waals surface area (Å²) in [5, 5.41) is 13.4. The van der Waals surface area contributed by atoms with Crippen LogP contribution in [0.1, 0.15) is 12.8 Å². The fraction of sp³-hybridized carbons (Fsp3) is 0.889. The molecule has 4 heterocycles. The minimum absolute atomic E-state index is 0.0529. The summed E-state index contributed by atoms with van der Waals surface area (Å²) in [5.74, 6) is 0.0529. The first-order valence-electron chi connectivity index (χ1n) is 10.1. The van der Waals surface area contributed by atoms with Gasteiger partial charge in [-0.3, -0.25) is 4.79 Å². The van der Waals surface area contributed by atoms with Crippen LogP contribution < -0.4 is 5.32 Å². The fourth-order valence-corrected chi connectivity index (χ4v) is 4.21. The first-order valence-corrected chi connectivity index (χ1v) is 10.1. The molecule has 4 fully saturated rings. The highest BCUT2D eigenvalue weighted by Crippen LogP contribution is 2.35. The Hall–Kier alpha value is -1.46. The number of hydrogen-bond donors (Lipinski definition) is 2. The van der Waals surface area contributed by atoms with Gasteiger partial charge >= 0.3 is 6.03 Å². The van der Waals surface area contributed by atoms with E-state index in [0.29, 0.717) is 65.4 Å². The normalized spacial score (nSPS) is 35.7. The van der Waals surface area contributed by atoms with E-state index in [4.69, 9.17) is 18.9 Å². The number of rotatable bonds is 4. The number of amides is 3. The third-order valence-corrected chi connectivity index (χ3v) is 5.80. The Morgan fingerprint density at radius 3 is 2.25 bits per heavy atom. The number of morpholine rings is 2. The smallest absolute Gasteiger partial charge is 0.317 e. The summed E-state index contributed by atoms with van der Waals surface area (Å²) in [7, 11) is 0. The lowest BCUT2D eigenvalue weighted by Gasteiger charge is -2.28. The van der Waals surface area contributed by atoms with Gasteiger partial charge in [0.2, 0.25) is 5.91 Å². The molecule has 0 unspecified atom stereocenters. The zero-order valence-corrected chi connectivity index (χ0v) is 16.0. The van der Waals surface area contributed by atoms with Crippen LogP contribution in [0.3, 0.4) is 0 Å². The van der Waals surface area contributed by atoms with Crippen molar-refractivity contribution < 1.29 is 33.6 Å². The van der Waals surface area contributed by atoms with Gasteiger partial charge in [-0.1, -0.05) is 0 Å². The van der Waals surface area contributed by atoms with Gasteiger partial charge in [0.15, 0.2) is 0 Å². The van der Waals surface area contributed by atoms with Gasteiger partial charge in [-0.05, 0) is 0 Å². The van der Waals surface area contributed by atoms with Crippen molar-refractivity contribution in [3.05, 3.63) is 0 Å². The Morgan fingerprint density at radius 1 is 0.964 bits per heavy atom. The van der Waals surface area contributed by atoms with Crippen molar-refractivity contribution in [3.63, 3.8) is 0 Å². The maximum absolute atomic E-state index is 12.4. The van der Waals surface area contributed by atoms with Gasteiger partial charge in [0.05, 0.1) is 45.1 Å². The molecule has 0 aromatic carbocycles. The van der Waals surface area contributed by atoms with E-state index in [1.165, 1.54) is 0 Å². The first kappa shape index (κ1) is 19.8. The van der Waals surface area contributed by atoms with E-state index in [-0.39, 0.29) is 30.7 Å². The van der Waals surface area contributed by atoms with E-state index in [0.717, 1.165) is 0 Å². The third-order valence-electron chi connectivity index (χ3n) is 5.80. The van der Waals surface area contributed by atoms with Gasteiger partial charge in [0.1, 0.15) is 18.3 Å². The molecule has 0 bridgehead atoms. The number of nitrogens with one attached hydrogen (secondary N) is 1. The predicted molar refractivity (Wildman–Crippen MR) is 95.8 cm³/mol. The molecule has 5 atom stereocenters. The number of nitrogens with zero attached hydrogens (tertiary/aromatic N) is 2. The maximum atomic E-state index is 12.4. The monoisotopic (exact) mass is 399 g/mol. The minimum atomic E-state index is -0.821. The molecule has 158 valence electrons. The van der Waals surface area contributed by atoms with Gasteiger partial charge in [-0.25, -0.2) is 4.79 Å². The molecule has 0 aromatic heterocycles. The number of aliphatic hydroxyl groups excluding tert-OH is 1. The number of ether oxygens (including phenoxy) is 4. The molecule has 4 rings (SSSR count). The van der Waals surface area contributed by atoms with Crippen LogP contribution in [0.5, 0.6) is 0 Å². The Labute approximate surface area is 164 Å². The molecule has 0 aromatic rings. The SMILES string of the molecule is O=C(C[C@@H]1C[C@H]2O[C@H](CNC(=O)N3CCOCC3)[C@@H](O)[C@H]2O1)N1CCOCC1. The second kappa shape index (κ2) is 8.91. The van der Waals surface area contributed by atoms with Crippen molar-refractivity contribution in [2.45, 2.75) is 43.4 Å². The number of carbonyl (C=O) groups is 2. The minimum Gasteiger partial charge on any atom is -0.388 e. The van der Waals surface area contributed by atoms with Crippen molar-refractivity contribution in [1.82, 2.24) is 15.1 Å². The number of aliphatic hydroxyl groups is 1. The number of urea groups is 1. The van der Waals surface area contributed by atoms with Crippen LogP contribution in [0.2, 0.25) is 0 Å². The zero-order chi connectivity index (χ0) is 19.5. The Bertz CT molecular complexity index is 563. The van der Waals surface area contributed by atoms with Crippen LogP contribution in [-0.4, -0.2) is 117 Å². The summed E-state index contributed by atoms with van der Waals surface area (Å²) in [6.45, 7) is 4.80. The molecule has 10 nitrogen and oxygen atoms in total. The highest BCUT2D eigenvalue weighted by Gasteiger charge is 2.50. The van der Waals surface area contributed by atoms with Crippen LogP contribution in [-0.2, 0) is 23.7 Å². The quantitative estimate of drug-likeness (QED) is 0.596. The lowest BCUT2D eigenvalue weighted by atomic mass is 10.1. The van der Waals surface area contributed by atoms with Crippen LogP contribution >= 0.6 is 0 Å². The molecular weight excluding hydrogens is 370 g/mol. The van der Waals surface area contributed by atoms with Crippen LogP contribution in [0.4, 0.5) is 4.79 Å². The van der Waals surface area contributed by atoms with Gasteiger partial charge in [0.25, 0.3) is 0 Å². The summed E-state index contributed by atoms with van der Waals surface area (Å²) in [5.41, 5.74) is 0. The highest BCUT2D eigenvalue weighted by atomic mass is 16.6. The molecule has 10 heteroatoms. The van der Waals surface area contributed by atoms with Crippen molar-refractivity contribution in [2.24, 2.45) is 0 Å². The van der Waals surface area contributed by atoms with Gasteiger partial charge in [-0.2, -0.15) is 0 Å². The zero-order valence-electron chi connectivity index (χ0n) is 16.0. The van der Waals surface area contributed by atoms with E-state index in [9.17, 15) is 14.7 Å². The molecule has 0 aliphatic carbocycles. The topological polar surface area (TPSA) is 110 Å². The number of carbonyl (C=O) groups excluding carboxylic acids is 2. The van der Waals surface area contributed by atoms with Gasteiger partial charge in [0, 0.05) is 39.1 Å². The standard InChI is InChI=1S/C18H29N3O7/c22-15(20-1-5-25-6-2-20)10-12-9-13-17(27-12)16(23)14(28-13)11-19-18(24)21-3-7-26-8-4-21/h12-14,16-17,23H,1-11H2,(H,19,24)/t12-,13+,14+,16+,17-/m0/s1. The van der Waals surface area contributed by atoms with E-state index in [2.05, 4.69) is 5.32 Å². The summed E-state index contributed by atoms with van der Waals surface area (Å²) in [4.78, 5) is 28.0. The summed E-state index contributed by atoms with van der Waals surface area (Å²) < 4.78 is 22.3. The average molecular weight is 399 g/mol. The molecule has 2 N–H and O–H groups in total. The number of hydrogen-bond acceptors (Lipinski definition) is 7. The summed E-state index contributed by atoms with van der Waals surface area (Å²) in [6, 6.07) is -0.175. The summed E-state index contributed by atoms with van der Waals surface area (Å²) in [6.07, 6.45) is -1.40. The molecule has 4 aliphatic rings. The van der Waals surface area contributed by atoms with E-state index < -0.39 is 18.3 Å². The Kier molecular flexibility index (Phi) is 6.32. The molecule has 0 saturated carbocycles. The van der Waals surface area contributed by atoms with Crippen LogP contribution in [0.15, 0.2) is 0 Å². The molecule has 28 heavy (non-hydrogen) atoms. The molecule has 3 amide bonds. The Morgan fingerprint density at radius 2 is 1.61 bits per heavy atom. The predicted octanol–water partition coefficient (Wildman–Crippen LogP) is -1.44. The largest absolute Gasteiger partial charge is 0.388 e. The van der Waals surface area contributed by atoms with Crippen molar-refractivity contribution in [3.8, 4) is 0 Å². The van der Waals surface area contributed by atoms with E-state index in [1.54, 1.807) is 9.80 Å². The Balaban J connectivity index is 1.21. The lowest BCUT2D eigenvalue weighted by Crippen LogP contribution is -2.49. The molecule has 0 spiro atoms. The lowest BCUT2D eigenvalue weighted by molar-refractivity contribution is -0.138. The number of fused-ring (bicyclic) bond motifs is 1. The van der Waals surface area contributed by atoms with E-state index >= 15 is 0 Å². The van der Waals surface area contributed by atoms with E-state index in [1.807, 2.05) is 0 Å². The molecular formula is C18H29N3O7. The average Bonchev–Trinajstić information content (AvgIpc) is 3.25. The second-order valence-electron chi connectivity index (χ2n) is 7.64. The van der Waals surface area contributed by atoms with Crippen LogP contribution in [0.25, 0.3) is 0 Å². The summed E-state index contributed by atoms with van der Waals surface area (Å²) >= 11 is 0. The highest BCUT2D eigenvalue weighted by molar-refractivity contribution is 5.77. The molecule has 4 saturated heterocycles. The second-order valence-corrected chi connectivity index (χ2v) is 7.64. The fourth-order valence-electron chi connectivity index (χ4n) is 4.21. The molecule has 0 radical (unpaired) electrons. The van der Waals surface area contributed by atoms with Crippen molar-refractivity contribution >= 4 is 11.9 Å². The molecule has 4 aliphatic heterocycles. The van der Waals surface area contributed by atoms with Crippen molar-refractivity contribution in [1.29, 1.82) is 0 Å². The van der Waals surface area contributed by atoms with Crippen molar-refractivity contribution in [2.75, 3.05) is 59.2 Å².